The lowest BCUT2D eigenvalue weighted by Crippen LogP contribution is -2.37. The van der Waals surface area contributed by atoms with Crippen molar-refractivity contribution in [3.8, 4) is 0 Å². The molecular weight excluding hydrogens is 248 g/mol. The Morgan fingerprint density at radius 1 is 1.56 bits per heavy atom. The van der Waals surface area contributed by atoms with Gasteiger partial charge in [0, 0.05) is 6.54 Å². The number of anilines is 1. The van der Waals surface area contributed by atoms with Crippen molar-refractivity contribution in [1.29, 1.82) is 0 Å². The van der Waals surface area contributed by atoms with Crippen LogP contribution in [0.5, 0.6) is 0 Å². The van der Waals surface area contributed by atoms with Crippen molar-refractivity contribution in [1.82, 2.24) is 10.3 Å². The molecule has 18 heavy (non-hydrogen) atoms. The van der Waals surface area contributed by atoms with Crippen molar-refractivity contribution < 1.29 is 4.79 Å². The minimum absolute atomic E-state index is 0.0322. The van der Waals surface area contributed by atoms with Gasteiger partial charge >= 0.3 is 0 Å². The standard InChI is InChI=1S/C12H18N4OS/c1-3-6-14-12(17)8(2)16-9-4-5-10(11(13)18)15-7-9/h4-5,7-8,16H,3,6H2,1-2H3,(H2,13,18)(H,14,17). The third-order valence-electron chi connectivity index (χ3n) is 2.34. The van der Waals surface area contributed by atoms with E-state index >= 15 is 0 Å². The summed E-state index contributed by atoms with van der Waals surface area (Å²) in [5.74, 6) is -0.0322. The molecule has 0 radical (unpaired) electrons. The fourth-order valence-electron chi connectivity index (χ4n) is 1.34. The van der Waals surface area contributed by atoms with E-state index < -0.39 is 0 Å². The fraction of sp³-hybridized carbons (Fsp3) is 0.417. The second-order valence-corrected chi connectivity index (χ2v) is 4.39. The number of hydrogen-bond acceptors (Lipinski definition) is 4. The Morgan fingerprint density at radius 2 is 2.28 bits per heavy atom. The van der Waals surface area contributed by atoms with Crippen molar-refractivity contribution >= 4 is 28.8 Å². The zero-order chi connectivity index (χ0) is 13.5. The SMILES string of the molecule is CCCNC(=O)C(C)Nc1ccc(C(N)=S)nc1. The lowest BCUT2D eigenvalue weighted by molar-refractivity contribution is -0.121. The first-order valence-electron chi connectivity index (χ1n) is 5.84. The van der Waals surface area contributed by atoms with Crippen LogP contribution in [0.15, 0.2) is 18.3 Å². The number of amides is 1. The second-order valence-electron chi connectivity index (χ2n) is 3.95. The molecule has 1 amide bonds. The molecule has 4 N–H and O–H groups in total. The largest absolute Gasteiger partial charge is 0.388 e. The Kier molecular flexibility index (Phi) is 5.51. The zero-order valence-corrected chi connectivity index (χ0v) is 11.4. The Morgan fingerprint density at radius 3 is 2.78 bits per heavy atom. The number of carbonyl (C=O) groups is 1. The van der Waals surface area contributed by atoms with E-state index in [1.165, 1.54) is 0 Å². The molecule has 6 heteroatoms. The number of nitrogens with two attached hydrogens (primary N) is 1. The zero-order valence-electron chi connectivity index (χ0n) is 10.6. The van der Waals surface area contributed by atoms with Gasteiger partial charge in [0.1, 0.15) is 11.0 Å². The van der Waals surface area contributed by atoms with Crippen LogP contribution in [0.4, 0.5) is 5.69 Å². The van der Waals surface area contributed by atoms with Gasteiger partial charge < -0.3 is 16.4 Å². The summed E-state index contributed by atoms with van der Waals surface area (Å²) in [6.45, 7) is 4.49. The number of thiocarbonyl (C=S) groups is 1. The number of nitrogens with one attached hydrogen (secondary N) is 2. The van der Waals surface area contributed by atoms with Gasteiger partial charge in [-0.3, -0.25) is 9.78 Å². The topological polar surface area (TPSA) is 80.0 Å². The van der Waals surface area contributed by atoms with Crippen LogP contribution in [0.2, 0.25) is 0 Å². The van der Waals surface area contributed by atoms with E-state index in [0.29, 0.717) is 12.2 Å². The number of carbonyl (C=O) groups excluding carboxylic acids is 1. The molecular formula is C12H18N4OS. The van der Waals surface area contributed by atoms with Crippen molar-refractivity contribution in [3.05, 3.63) is 24.0 Å². The highest BCUT2D eigenvalue weighted by Gasteiger charge is 2.11. The molecule has 0 aliphatic heterocycles. The van der Waals surface area contributed by atoms with Crippen LogP contribution in [0.3, 0.4) is 0 Å². The molecule has 0 aromatic carbocycles. The highest BCUT2D eigenvalue weighted by atomic mass is 32.1. The molecule has 1 heterocycles. The Bertz CT molecular complexity index is 419. The summed E-state index contributed by atoms with van der Waals surface area (Å²) in [6, 6.07) is 3.21. The minimum atomic E-state index is -0.311. The van der Waals surface area contributed by atoms with Crippen molar-refractivity contribution in [2.75, 3.05) is 11.9 Å². The van der Waals surface area contributed by atoms with E-state index in [4.69, 9.17) is 18.0 Å². The van der Waals surface area contributed by atoms with E-state index in [0.717, 1.165) is 12.1 Å². The quantitative estimate of drug-likeness (QED) is 0.670. The van der Waals surface area contributed by atoms with Crippen LogP contribution >= 0.6 is 12.2 Å². The van der Waals surface area contributed by atoms with Gasteiger partial charge in [0.15, 0.2) is 0 Å². The molecule has 1 unspecified atom stereocenters. The van der Waals surface area contributed by atoms with Gasteiger partial charge in [-0.25, -0.2) is 0 Å². The van der Waals surface area contributed by atoms with E-state index in [1.807, 2.05) is 6.92 Å². The average Bonchev–Trinajstić information content (AvgIpc) is 2.36. The summed E-state index contributed by atoms with van der Waals surface area (Å²) in [4.78, 5) is 16.0. The normalized spacial score (nSPS) is 11.7. The summed E-state index contributed by atoms with van der Waals surface area (Å²) < 4.78 is 0. The van der Waals surface area contributed by atoms with Gasteiger partial charge in [-0.2, -0.15) is 0 Å². The van der Waals surface area contributed by atoms with Crippen molar-refractivity contribution in [2.45, 2.75) is 26.3 Å². The summed E-state index contributed by atoms with van der Waals surface area (Å²) in [5.41, 5.74) is 6.78. The van der Waals surface area contributed by atoms with Crippen LogP contribution in [-0.2, 0) is 4.79 Å². The Balaban J connectivity index is 2.56. The van der Waals surface area contributed by atoms with E-state index in [2.05, 4.69) is 15.6 Å². The molecule has 0 saturated heterocycles. The molecule has 1 atom stereocenters. The lowest BCUT2D eigenvalue weighted by atomic mass is 10.2. The molecule has 0 aliphatic carbocycles. The third-order valence-corrected chi connectivity index (χ3v) is 2.55. The van der Waals surface area contributed by atoms with Gasteiger partial charge in [0.25, 0.3) is 0 Å². The van der Waals surface area contributed by atoms with Crippen LogP contribution in [-0.4, -0.2) is 28.5 Å². The maximum absolute atomic E-state index is 11.6. The second kappa shape index (κ2) is 6.90. The maximum atomic E-state index is 11.6. The smallest absolute Gasteiger partial charge is 0.242 e. The van der Waals surface area contributed by atoms with E-state index in [9.17, 15) is 4.79 Å². The number of nitrogens with zero attached hydrogens (tertiary/aromatic N) is 1. The maximum Gasteiger partial charge on any atom is 0.242 e. The Hall–Kier alpha value is -1.69. The van der Waals surface area contributed by atoms with Gasteiger partial charge in [-0.05, 0) is 25.5 Å². The molecule has 0 bridgehead atoms. The number of pyridine rings is 1. The van der Waals surface area contributed by atoms with Crippen molar-refractivity contribution in [2.24, 2.45) is 5.73 Å². The van der Waals surface area contributed by atoms with Crippen LogP contribution in [0, 0.1) is 0 Å². The molecule has 1 aromatic heterocycles. The molecule has 0 fully saturated rings. The van der Waals surface area contributed by atoms with Crippen LogP contribution in [0.1, 0.15) is 26.0 Å². The van der Waals surface area contributed by atoms with Crippen LogP contribution in [0.25, 0.3) is 0 Å². The van der Waals surface area contributed by atoms with Crippen molar-refractivity contribution in [3.63, 3.8) is 0 Å². The monoisotopic (exact) mass is 266 g/mol. The number of rotatable bonds is 6. The first kappa shape index (κ1) is 14.4. The third kappa shape index (κ3) is 4.29. The molecule has 0 aliphatic rings. The summed E-state index contributed by atoms with van der Waals surface area (Å²) in [6.07, 6.45) is 2.53. The first-order valence-corrected chi connectivity index (χ1v) is 6.25. The number of hydrogen-bond donors (Lipinski definition) is 3. The first-order chi connectivity index (χ1) is 8.54. The van der Waals surface area contributed by atoms with Gasteiger partial charge in [0.2, 0.25) is 5.91 Å². The number of aromatic nitrogens is 1. The summed E-state index contributed by atoms with van der Waals surface area (Å²) >= 11 is 4.81. The summed E-state index contributed by atoms with van der Waals surface area (Å²) in [7, 11) is 0. The highest BCUT2D eigenvalue weighted by Crippen LogP contribution is 2.07. The van der Waals surface area contributed by atoms with E-state index in [-0.39, 0.29) is 16.9 Å². The van der Waals surface area contributed by atoms with E-state index in [1.54, 1.807) is 25.3 Å². The predicted octanol–water partition coefficient (Wildman–Crippen LogP) is 1.04. The minimum Gasteiger partial charge on any atom is -0.388 e. The van der Waals surface area contributed by atoms with Gasteiger partial charge in [-0.1, -0.05) is 19.1 Å². The fourth-order valence-corrected chi connectivity index (χ4v) is 1.46. The molecule has 1 rings (SSSR count). The Labute approximate surface area is 112 Å². The van der Waals surface area contributed by atoms with Crippen LogP contribution < -0.4 is 16.4 Å². The van der Waals surface area contributed by atoms with Gasteiger partial charge in [0.05, 0.1) is 17.6 Å². The molecule has 0 spiro atoms. The average molecular weight is 266 g/mol. The molecule has 5 nitrogen and oxygen atoms in total. The highest BCUT2D eigenvalue weighted by molar-refractivity contribution is 7.80. The predicted molar refractivity (Wildman–Crippen MR) is 76.5 cm³/mol. The molecule has 0 saturated carbocycles. The summed E-state index contributed by atoms with van der Waals surface area (Å²) in [5, 5.41) is 5.88. The molecule has 98 valence electrons. The molecule has 1 aromatic rings. The van der Waals surface area contributed by atoms with Gasteiger partial charge in [-0.15, -0.1) is 0 Å². The lowest BCUT2D eigenvalue weighted by Gasteiger charge is -2.14.